The van der Waals surface area contributed by atoms with E-state index in [-0.39, 0.29) is 24.9 Å². The summed E-state index contributed by atoms with van der Waals surface area (Å²) in [7, 11) is 1.60. The first-order valence-electron chi connectivity index (χ1n) is 9.64. The average molecular weight is 427 g/mol. The Morgan fingerprint density at radius 2 is 1.57 bits per heavy atom. The number of hydrogen-bond acceptors (Lipinski definition) is 4. The van der Waals surface area contributed by atoms with Crippen molar-refractivity contribution in [1.29, 1.82) is 0 Å². The van der Waals surface area contributed by atoms with Crippen LogP contribution in [0, 0.1) is 0 Å². The van der Waals surface area contributed by atoms with E-state index in [4.69, 9.17) is 9.47 Å². The van der Waals surface area contributed by atoms with E-state index in [0.29, 0.717) is 11.5 Å². The lowest BCUT2D eigenvalue weighted by atomic mass is 10.1. The zero-order valence-corrected chi connectivity index (χ0v) is 17.8. The van der Waals surface area contributed by atoms with E-state index in [0.717, 1.165) is 30.8 Å². The van der Waals surface area contributed by atoms with E-state index in [1.54, 1.807) is 7.11 Å². The van der Waals surface area contributed by atoms with Crippen molar-refractivity contribution in [2.24, 2.45) is 0 Å². The zero-order valence-electron chi connectivity index (χ0n) is 17.0. The van der Waals surface area contributed by atoms with Crippen molar-refractivity contribution in [2.75, 3.05) is 25.6 Å². The molecule has 0 aliphatic carbocycles. The Hall–Kier alpha value is -3.02. The molecule has 0 heterocycles. The minimum Gasteiger partial charge on any atom is -0.493 e. The smallest absolute Gasteiger partial charge is 0.262 e. The molecule has 2 N–H and O–H groups in total. The lowest BCUT2D eigenvalue weighted by Crippen LogP contribution is -2.20. The molecule has 0 radical (unpaired) electrons. The number of halogens is 1. The lowest BCUT2D eigenvalue weighted by Gasteiger charge is -2.13. The third kappa shape index (κ3) is 7.43. The van der Waals surface area contributed by atoms with Gasteiger partial charge in [-0.25, -0.2) is 0 Å². The van der Waals surface area contributed by atoms with Gasteiger partial charge in [0.1, 0.15) is 0 Å². The molecule has 0 aliphatic rings. The number of rotatable bonds is 10. The number of amides is 1. The van der Waals surface area contributed by atoms with Gasteiger partial charge in [0.25, 0.3) is 5.91 Å². The van der Waals surface area contributed by atoms with Crippen molar-refractivity contribution in [3.8, 4) is 11.5 Å². The summed E-state index contributed by atoms with van der Waals surface area (Å²) in [5.74, 6) is 0.938. The fraction of sp³-hybridized carbons (Fsp3) is 0.208. The molecule has 3 rings (SSSR count). The lowest BCUT2D eigenvalue weighted by molar-refractivity contribution is -0.118. The molecule has 0 bridgehead atoms. The van der Waals surface area contributed by atoms with Gasteiger partial charge in [-0.05, 0) is 48.4 Å². The molecule has 158 valence electrons. The number of para-hydroxylation sites is 1. The van der Waals surface area contributed by atoms with E-state index in [1.807, 2.05) is 54.6 Å². The molecule has 0 aromatic heterocycles. The number of methoxy groups -OCH3 is 1. The van der Waals surface area contributed by atoms with Gasteiger partial charge in [-0.2, -0.15) is 0 Å². The van der Waals surface area contributed by atoms with Crippen LogP contribution in [0.5, 0.6) is 11.5 Å². The number of hydrogen-bond donors (Lipinski definition) is 2. The van der Waals surface area contributed by atoms with Gasteiger partial charge in [0.2, 0.25) is 0 Å². The predicted octanol–water partition coefficient (Wildman–Crippen LogP) is 4.47. The molecule has 5 nitrogen and oxygen atoms in total. The second-order valence-corrected chi connectivity index (χ2v) is 6.60. The van der Waals surface area contributed by atoms with E-state index in [2.05, 4.69) is 34.9 Å². The second kappa shape index (κ2) is 12.5. The standard InChI is InChI=1S/C24H26N2O3.ClH/c1-28-23-16-20(17-25-15-14-19-8-4-2-5-9-19)12-13-22(23)29-18-24(27)26-21-10-6-3-7-11-21;/h2-13,16,25H,14-15,17-18H2,1H3,(H,26,27);1H. The van der Waals surface area contributed by atoms with Gasteiger partial charge in [0, 0.05) is 12.2 Å². The molecule has 0 aliphatic heterocycles. The van der Waals surface area contributed by atoms with E-state index in [9.17, 15) is 4.79 Å². The summed E-state index contributed by atoms with van der Waals surface area (Å²) < 4.78 is 11.1. The molecule has 0 saturated carbocycles. The van der Waals surface area contributed by atoms with Gasteiger partial charge >= 0.3 is 0 Å². The fourth-order valence-electron chi connectivity index (χ4n) is 2.91. The largest absolute Gasteiger partial charge is 0.493 e. The molecule has 6 heteroatoms. The van der Waals surface area contributed by atoms with Crippen LogP contribution in [0.25, 0.3) is 0 Å². The number of carbonyl (C=O) groups is 1. The first kappa shape index (κ1) is 23.3. The number of nitrogens with one attached hydrogen (secondary N) is 2. The fourth-order valence-corrected chi connectivity index (χ4v) is 2.91. The monoisotopic (exact) mass is 426 g/mol. The van der Waals surface area contributed by atoms with E-state index < -0.39 is 0 Å². The molecule has 0 spiro atoms. The van der Waals surface area contributed by atoms with E-state index >= 15 is 0 Å². The number of ether oxygens (including phenoxy) is 2. The number of benzene rings is 3. The molecule has 0 fully saturated rings. The van der Waals surface area contributed by atoms with Crippen LogP contribution in [0.1, 0.15) is 11.1 Å². The molecule has 30 heavy (non-hydrogen) atoms. The molecule has 0 saturated heterocycles. The highest BCUT2D eigenvalue weighted by molar-refractivity contribution is 5.91. The minimum absolute atomic E-state index is 0. The Morgan fingerprint density at radius 3 is 2.27 bits per heavy atom. The summed E-state index contributed by atoms with van der Waals surface area (Å²) in [5.41, 5.74) is 3.15. The Balaban J connectivity index is 0.00000320. The molecule has 0 atom stereocenters. The molecule has 0 unspecified atom stereocenters. The van der Waals surface area contributed by atoms with Crippen LogP contribution >= 0.6 is 12.4 Å². The predicted molar refractivity (Wildman–Crippen MR) is 123 cm³/mol. The third-order valence-corrected chi connectivity index (χ3v) is 4.41. The van der Waals surface area contributed by atoms with Crippen LogP contribution < -0.4 is 20.1 Å². The summed E-state index contributed by atoms with van der Waals surface area (Å²) in [6, 6.07) is 25.4. The molecule has 3 aromatic rings. The van der Waals surface area contributed by atoms with Crippen molar-refractivity contribution < 1.29 is 14.3 Å². The van der Waals surface area contributed by atoms with Crippen molar-refractivity contribution in [1.82, 2.24) is 5.32 Å². The Labute approximate surface area is 183 Å². The van der Waals surface area contributed by atoms with Gasteiger partial charge in [-0.15, -0.1) is 12.4 Å². The maximum absolute atomic E-state index is 12.1. The first-order valence-corrected chi connectivity index (χ1v) is 9.64. The van der Waals surface area contributed by atoms with Gasteiger partial charge < -0.3 is 20.1 Å². The molecule has 3 aromatic carbocycles. The Morgan fingerprint density at radius 1 is 0.867 bits per heavy atom. The quantitative estimate of drug-likeness (QED) is 0.470. The Bertz CT molecular complexity index is 905. The van der Waals surface area contributed by atoms with E-state index in [1.165, 1.54) is 5.56 Å². The zero-order chi connectivity index (χ0) is 20.3. The summed E-state index contributed by atoms with van der Waals surface area (Å²) in [5, 5.41) is 6.23. The van der Waals surface area contributed by atoms with Crippen LogP contribution in [0.15, 0.2) is 78.9 Å². The van der Waals surface area contributed by atoms with Gasteiger partial charge in [0.05, 0.1) is 7.11 Å². The summed E-state index contributed by atoms with van der Waals surface area (Å²) in [4.78, 5) is 12.1. The normalized spacial score (nSPS) is 10.0. The summed E-state index contributed by atoms with van der Waals surface area (Å²) >= 11 is 0. The highest BCUT2D eigenvalue weighted by Gasteiger charge is 2.09. The van der Waals surface area contributed by atoms with Crippen LogP contribution in [0.3, 0.4) is 0 Å². The third-order valence-electron chi connectivity index (χ3n) is 4.41. The minimum atomic E-state index is -0.218. The van der Waals surface area contributed by atoms with Gasteiger partial charge in [-0.1, -0.05) is 54.6 Å². The van der Waals surface area contributed by atoms with Crippen molar-refractivity contribution in [2.45, 2.75) is 13.0 Å². The van der Waals surface area contributed by atoms with Crippen LogP contribution in [0.4, 0.5) is 5.69 Å². The maximum Gasteiger partial charge on any atom is 0.262 e. The summed E-state index contributed by atoms with van der Waals surface area (Å²) in [6.07, 6.45) is 0.982. The highest BCUT2D eigenvalue weighted by Crippen LogP contribution is 2.28. The van der Waals surface area contributed by atoms with Crippen LogP contribution in [-0.2, 0) is 17.8 Å². The summed E-state index contributed by atoms with van der Waals surface area (Å²) in [6.45, 7) is 1.54. The van der Waals surface area contributed by atoms with Gasteiger partial charge in [0.15, 0.2) is 18.1 Å². The van der Waals surface area contributed by atoms with Gasteiger partial charge in [-0.3, -0.25) is 4.79 Å². The first-order chi connectivity index (χ1) is 14.2. The van der Waals surface area contributed by atoms with Crippen molar-refractivity contribution in [3.63, 3.8) is 0 Å². The van der Waals surface area contributed by atoms with Crippen LogP contribution in [0.2, 0.25) is 0 Å². The van der Waals surface area contributed by atoms with Crippen molar-refractivity contribution in [3.05, 3.63) is 90.0 Å². The molecular weight excluding hydrogens is 400 g/mol. The molecular formula is C24H27ClN2O3. The van der Waals surface area contributed by atoms with Crippen molar-refractivity contribution >= 4 is 24.0 Å². The van der Waals surface area contributed by atoms with Crippen LogP contribution in [-0.4, -0.2) is 26.2 Å². The maximum atomic E-state index is 12.1. The highest BCUT2D eigenvalue weighted by atomic mass is 35.5. The molecule has 1 amide bonds. The number of anilines is 1. The Kier molecular flexibility index (Phi) is 9.71. The number of carbonyl (C=O) groups excluding carboxylic acids is 1. The topological polar surface area (TPSA) is 59.6 Å². The second-order valence-electron chi connectivity index (χ2n) is 6.60. The SMILES string of the molecule is COc1cc(CNCCc2ccccc2)ccc1OCC(=O)Nc1ccccc1.Cl. The average Bonchev–Trinajstić information content (AvgIpc) is 2.77.